The fraction of sp³-hybridized carbons (Fsp3) is 0.350. The van der Waals surface area contributed by atoms with Crippen LogP contribution in [0.3, 0.4) is 0 Å². The number of carbonyl (C=O) groups is 1. The normalized spacial score (nSPS) is 15.9. The molecule has 2 aromatic rings. The monoisotopic (exact) mass is 407 g/mol. The highest BCUT2D eigenvalue weighted by Gasteiger charge is 2.32. The average Bonchev–Trinajstić information content (AvgIpc) is 2.73. The Labute approximate surface area is 163 Å². The van der Waals surface area contributed by atoms with Crippen molar-refractivity contribution in [3.63, 3.8) is 0 Å². The molecule has 0 amide bonds. The Bertz CT molecular complexity index is 879. The number of sulfonamides is 1. The fourth-order valence-corrected chi connectivity index (χ4v) is 4.51. The molecule has 1 saturated heterocycles. The van der Waals surface area contributed by atoms with Crippen LogP contribution in [0.1, 0.15) is 12.8 Å². The molecule has 0 radical (unpaired) electrons. The molecule has 0 unspecified atom stereocenters. The number of halogens is 1. The van der Waals surface area contributed by atoms with Crippen LogP contribution in [-0.2, 0) is 19.6 Å². The predicted molar refractivity (Wildman–Crippen MR) is 101 cm³/mol. The highest BCUT2D eigenvalue weighted by Crippen LogP contribution is 2.24. The first-order valence-electron chi connectivity index (χ1n) is 9.07. The summed E-state index contributed by atoms with van der Waals surface area (Å²) in [6.07, 6.45) is 0.841. The van der Waals surface area contributed by atoms with Gasteiger partial charge in [0.15, 0.2) is 0 Å². The summed E-state index contributed by atoms with van der Waals surface area (Å²) in [4.78, 5) is 12.4. The number of benzene rings is 2. The Balaban J connectivity index is 1.42. The van der Waals surface area contributed by atoms with E-state index in [1.54, 1.807) is 30.3 Å². The van der Waals surface area contributed by atoms with E-state index in [1.165, 1.54) is 28.6 Å². The number of ether oxygens (including phenoxy) is 2. The minimum atomic E-state index is -3.53. The van der Waals surface area contributed by atoms with E-state index in [0.29, 0.717) is 18.6 Å². The number of carbonyl (C=O) groups excluding carboxylic acids is 1. The zero-order chi connectivity index (χ0) is 20.0. The van der Waals surface area contributed by atoms with Crippen LogP contribution in [-0.4, -0.2) is 45.0 Å². The van der Waals surface area contributed by atoms with Crippen molar-refractivity contribution in [3.8, 4) is 5.75 Å². The van der Waals surface area contributed by atoms with Gasteiger partial charge >= 0.3 is 5.97 Å². The van der Waals surface area contributed by atoms with Crippen molar-refractivity contribution in [2.24, 2.45) is 5.92 Å². The van der Waals surface area contributed by atoms with Gasteiger partial charge in [0.05, 0.1) is 10.8 Å². The zero-order valence-corrected chi connectivity index (χ0v) is 16.1. The third-order valence-corrected chi connectivity index (χ3v) is 6.49. The van der Waals surface area contributed by atoms with Crippen molar-refractivity contribution >= 4 is 16.0 Å². The number of hydrogen-bond donors (Lipinski definition) is 0. The molecule has 150 valence electrons. The van der Waals surface area contributed by atoms with Crippen molar-refractivity contribution in [2.75, 3.05) is 26.3 Å². The van der Waals surface area contributed by atoms with Crippen LogP contribution in [0.4, 0.5) is 4.39 Å². The number of nitrogens with zero attached hydrogens (tertiary/aromatic N) is 1. The van der Waals surface area contributed by atoms with Crippen LogP contribution < -0.4 is 4.74 Å². The first kappa shape index (κ1) is 20.3. The largest absolute Gasteiger partial charge is 0.490 e. The lowest BCUT2D eigenvalue weighted by Crippen LogP contribution is -2.40. The van der Waals surface area contributed by atoms with E-state index in [9.17, 15) is 17.6 Å². The van der Waals surface area contributed by atoms with E-state index in [4.69, 9.17) is 9.47 Å². The molecule has 2 aromatic carbocycles. The molecule has 0 atom stereocenters. The molecule has 1 heterocycles. The van der Waals surface area contributed by atoms with Gasteiger partial charge in [-0.25, -0.2) is 12.8 Å². The van der Waals surface area contributed by atoms with Gasteiger partial charge in [-0.1, -0.05) is 18.2 Å². The van der Waals surface area contributed by atoms with E-state index in [2.05, 4.69) is 0 Å². The van der Waals surface area contributed by atoms with Gasteiger partial charge in [0, 0.05) is 13.1 Å². The van der Waals surface area contributed by atoms with Crippen LogP contribution in [0.15, 0.2) is 59.5 Å². The lowest BCUT2D eigenvalue weighted by molar-refractivity contribution is -0.150. The van der Waals surface area contributed by atoms with Gasteiger partial charge in [0.25, 0.3) is 0 Å². The molecule has 0 spiro atoms. The zero-order valence-electron chi connectivity index (χ0n) is 15.3. The summed E-state index contributed by atoms with van der Waals surface area (Å²) in [5.74, 6) is -0.524. The van der Waals surface area contributed by atoms with E-state index >= 15 is 0 Å². The molecule has 0 bridgehead atoms. The third kappa shape index (κ3) is 5.08. The summed E-state index contributed by atoms with van der Waals surface area (Å²) in [6, 6.07) is 13.8. The number of rotatable bonds is 7. The summed E-state index contributed by atoms with van der Waals surface area (Å²) in [5, 5.41) is 0. The Morgan fingerprint density at radius 2 is 1.64 bits per heavy atom. The quantitative estimate of drug-likeness (QED) is 0.521. The van der Waals surface area contributed by atoms with Gasteiger partial charge < -0.3 is 9.47 Å². The van der Waals surface area contributed by atoms with E-state index in [0.717, 1.165) is 0 Å². The van der Waals surface area contributed by atoms with Crippen molar-refractivity contribution in [1.82, 2.24) is 4.31 Å². The van der Waals surface area contributed by atoms with Crippen LogP contribution >= 0.6 is 0 Å². The highest BCUT2D eigenvalue weighted by atomic mass is 32.2. The molecule has 8 heteroatoms. The van der Waals surface area contributed by atoms with E-state index in [1.807, 2.05) is 0 Å². The van der Waals surface area contributed by atoms with E-state index in [-0.39, 0.29) is 48.9 Å². The molecule has 0 aromatic heterocycles. The van der Waals surface area contributed by atoms with Gasteiger partial charge in [0.2, 0.25) is 10.0 Å². The lowest BCUT2D eigenvalue weighted by Gasteiger charge is -2.30. The van der Waals surface area contributed by atoms with Crippen LogP contribution in [0.5, 0.6) is 5.75 Å². The Hall–Kier alpha value is -2.45. The fourth-order valence-electron chi connectivity index (χ4n) is 3.02. The minimum absolute atomic E-state index is 0.0821. The van der Waals surface area contributed by atoms with Gasteiger partial charge in [0.1, 0.15) is 24.8 Å². The molecule has 3 rings (SSSR count). The van der Waals surface area contributed by atoms with Crippen molar-refractivity contribution in [2.45, 2.75) is 17.7 Å². The summed E-state index contributed by atoms with van der Waals surface area (Å²) < 4.78 is 50.0. The van der Waals surface area contributed by atoms with Gasteiger partial charge in [-0.15, -0.1) is 0 Å². The second kappa shape index (κ2) is 9.16. The summed E-state index contributed by atoms with van der Waals surface area (Å²) in [6.45, 7) is 0.809. The first-order chi connectivity index (χ1) is 13.5. The molecule has 1 aliphatic heterocycles. The molecule has 1 fully saturated rings. The lowest BCUT2D eigenvalue weighted by atomic mass is 9.98. The number of esters is 1. The van der Waals surface area contributed by atoms with Crippen molar-refractivity contribution in [1.29, 1.82) is 0 Å². The molecule has 1 aliphatic rings. The third-order valence-electron chi connectivity index (χ3n) is 4.58. The van der Waals surface area contributed by atoms with Gasteiger partial charge in [-0.3, -0.25) is 4.79 Å². The highest BCUT2D eigenvalue weighted by molar-refractivity contribution is 7.89. The molecule has 0 saturated carbocycles. The first-order valence-corrected chi connectivity index (χ1v) is 10.5. The maximum absolute atomic E-state index is 12.8. The second-order valence-electron chi connectivity index (χ2n) is 6.46. The van der Waals surface area contributed by atoms with Crippen LogP contribution in [0.25, 0.3) is 0 Å². The summed E-state index contributed by atoms with van der Waals surface area (Å²) >= 11 is 0. The van der Waals surface area contributed by atoms with Gasteiger partial charge in [-0.2, -0.15) is 4.31 Å². The van der Waals surface area contributed by atoms with Crippen molar-refractivity contribution < 1.29 is 27.1 Å². The maximum atomic E-state index is 12.8. The smallest absolute Gasteiger partial charge is 0.309 e. The Kier molecular flexibility index (Phi) is 6.64. The second-order valence-corrected chi connectivity index (χ2v) is 8.40. The Morgan fingerprint density at radius 3 is 2.29 bits per heavy atom. The SMILES string of the molecule is O=C(OCCOc1ccc(F)cc1)C1CCN(S(=O)(=O)c2ccccc2)CC1. The van der Waals surface area contributed by atoms with Crippen molar-refractivity contribution in [3.05, 3.63) is 60.4 Å². The summed E-state index contributed by atoms with van der Waals surface area (Å²) in [5.41, 5.74) is 0. The Morgan fingerprint density at radius 1 is 1.00 bits per heavy atom. The van der Waals surface area contributed by atoms with E-state index < -0.39 is 10.0 Å². The predicted octanol–water partition coefficient (Wildman–Crippen LogP) is 2.85. The standard InChI is InChI=1S/C20H22FNO5S/c21-17-6-8-18(9-7-17)26-14-15-27-20(23)16-10-12-22(13-11-16)28(24,25)19-4-2-1-3-5-19/h1-9,16H,10-15H2. The molecular formula is C20H22FNO5S. The molecule has 6 nitrogen and oxygen atoms in total. The molecule has 28 heavy (non-hydrogen) atoms. The molecule has 0 N–H and O–H groups in total. The number of hydrogen-bond acceptors (Lipinski definition) is 5. The van der Waals surface area contributed by atoms with Gasteiger partial charge in [-0.05, 0) is 49.2 Å². The number of piperidine rings is 1. The average molecular weight is 407 g/mol. The van der Waals surface area contributed by atoms with Crippen LogP contribution in [0, 0.1) is 11.7 Å². The minimum Gasteiger partial charge on any atom is -0.490 e. The maximum Gasteiger partial charge on any atom is 0.309 e. The molecule has 0 aliphatic carbocycles. The molecular weight excluding hydrogens is 385 g/mol. The topological polar surface area (TPSA) is 72.9 Å². The van der Waals surface area contributed by atoms with Crippen LogP contribution in [0.2, 0.25) is 0 Å². The summed E-state index contributed by atoms with van der Waals surface area (Å²) in [7, 11) is -3.53.